The molecule has 1 saturated heterocycles. The van der Waals surface area contributed by atoms with Crippen molar-refractivity contribution in [2.45, 2.75) is 19.3 Å². The van der Waals surface area contributed by atoms with Gasteiger partial charge in [0.1, 0.15) is 0 Å². The molecule has 1 amide bonds. The van der Waals surface area contributed by atoms with E-state index < -0.39 is 0 Å². The fraction of sp³-hybridized carbons (Fsp3) is 0.500. The molecule has 112 valence electrons. The van der Waals surface area contributed by atoms with Gasteiger partial charge in [0.25, 0.3) is 0 Å². The minimum absolute atomic E-state index is 0.00355. The number of carbonyl (C=O) groups is 1. The standard InChI is InChI=1S/C16H21N3O2/c17-13-14-4-1-5-15(12-14)18-16(20)6-2-7-19-8-3-10-21-11-9-19/h1,4-5,12H,2-3,6-11H2,(H,18,20). The van der Waals surface area contributed by atoms with Gasteiger partial charge in [0, 0.05) is 31.8 Å². The van der Waals surface area contributed by atoms with Crippen LogP contribution in [0.25, 0.3) is 0 Å². The number of hydrogen-bond donors (Lipinski definition) is 1. The summed E-state index contributed by atoms with van der Waals surface area (Å²) in [7, 11) is 0. The zero-order valence-electron chi connectivity index (χ0n) is 12.2. The second kappa shape index (κ2) is 8.40. The fourth-order valence-electron chi connectivity index (χ4n) is 2.37. The average molecular weight is 287 g/mol. The quantitative estimate of drug-likeness (QED) is 0.899. The van der Waals surface area contributed by atoms with Crippen LogP contribution in [-0.2, 0) is 9.53 Å². The second-order valence-corrected chi connectivity index (χ2v) is 5.15. The SMILES string of the molecule is N#Cc1cccc(NC(=O)CCCN2CCCOCC2)c1. The van der Waals surface area contributed by atoms with Crippen LogP contribution in [0.2, 0.25) is 0 Å². The maximum absolute atomic E-state index is 11.9. The Morgan fingerprint density at radius 2 is 2.29 bits per heavy atom. The largest absolute Gasteiger partial charge is 0.380 e. The Kier molecular flexibility index (Phi) is 6.20. The summed E-state index contributed by atoms with van der Waals surface area (Å²) < 4.78 is 5.41. The highest BCUT2D eigenvalue weighted by molar-refractivity contribution is 5.90. The summed E-state index contributed by atoms with van der Waals surface area (Å²) in [5.41, 5.74) is 1.24. The van der Waals surface area contributed by atoms with Crippen molar-refractivity contribution in [1.82, 2.24) is 4.90 Å². The van der Waals surface area contributed by atoms with Crippen LogP contribution in [-0.4, -0.2) is 43.7 Å². The van der Waals surface area contributed by atoms with Gasteiger partial charge in [0.2, 0.25) is 5.91 Å². The number of nitriles is 1. The molecule has 0 bridgehead atoms. The van der Waals surface area contributed by atoms with Crippen molar-refractivity contribution in [2.24, 2.45) is 0 Å². The van der Waals surface area contributed by atoms with Crippen molar-refractivity contribution in [3.05, 3.63) is 29.8 Å². The maximum Gasteiger partial charge on any atom is 0.224 e. The Morgan fingerprint density at radius 3 is 3.14 bits per heavy atom. The summed E-state index contributed by atoms with van der Waals surface area (Å²) >= 11 is 0. The van der Waals surface area contributed by atoms with Crippen LogP contribution in [0.15, 0.2) is 24.3 Å². The zero-order chi connectivity index (χ0) is 14.9. The van der Waals surface area contributed by atoms with Gasteiger partial charge in [-0.15, -0.1) is 0 Å². The number of rotatable bonds is 5. The number of ether oxygens (including phenoxy) is 1. The number of hydrogen-bond acceptors (Lipinski definition) is 4. The zero-order valence-corrected chi connectivity index (χ0v) is 12.2. The number of benzene rings is 1. The molecule has 5 nitrogen and oxygen atoms in total. The first-order valence-corrected chi connectivity index (χ1v) is 7.38. The highest BCUT2D eigenvalue weighted by Gasteiger charge is 2.10. The van der Waals surface area contributed by atoms with Gasteiger partial charge in [-0.1, -0.05) is 6.07 Å². The average Bonchev–Trinajstić information content (AvgIpc) is 2.76. The smallest absolute Gasteiger partial charge is 0.224 e. The predicted molar refractivity (Wildman–Crippen MR) is 80.9 cm³/mol. The molecule has 1 aliphatic rings. The molecule has 1 fully saturated rings. The van der Waals surface area contributed by atoms with Crippen LogP contribution in [0.4, 0.5) is 5.69 Å². The van der Waals surface area contributed by atoms with Gasteiger partial charge in [-0.05, 0) is 37.6 Å². The molecule has 2 rings (SSSR count). The van der Waals surface area contributed by atoms with Gasteiger partial charge < -0.3 is 15.0 Å². The molecule has 21 heavy (non-hydrogen) atoms. The second-order valence-electron chi connectivity index (χ2n) is 5.15. The molecule has 0 aliphatic carbocycles. The van der Waals surface area contributed by atoms with E-state index in [2.05, 4.69) is 16.3 Å². The highest BCUT2D eigenvalue weighted by Crippen LogP contribution is 2.10. The molecule has 0 unspecified atom stereocenters. The van der Waals surface area contributed by atoms with E-state index in [0.29, 0.717) is 17.7 Å². The third-order valence-electron chi connectivity index (χ3n) is 3.47. The summed E-state index contributed by atoms with van der Waals surface area (Å²) in [5, 5.41) is 11.7. The number of carbonyl (C=O) groups excluding carboxylic acids is 1. The van der Waals surface area contributed by atoms with Crippen molar-refractivity contribution in [1.29, 1.82) is 5.26 Å². The van der Waals surface area contributed by atoms with Crippen LogP contribution >= 0.6 is 0 Å². The van der Waals surface area contributed by atoms with Crippen molar-refractivity contribution in [3.8, 4) is 6.07 Å². The topological polar surface area (TPSA) is 65.4 Å². The first-order chi connectivity index (χ1) is 10.3. The third kappa shape index (κ3) is 5.54. The van der Waals surface area contributed by atoms with E-state index in [0.717, 1.165) is 45.7 Å². The lowest BCUT2D eigenvalue weighted by molar-refractivity contribution is -0.116. The van der Waals surface area contributed by atoms with Gasteiger partial charge in [-0.25, -0.2) is 0 Å². The van der Waals surface area contributed by atoms with Crippen molar-refractivity contribution in [2.75, 3.05) is 38.2 Å². The normalized spacial score (nSPS) is 16.0. The van der Waals surface area contributed by atoms with E-state index in [9.17, 15) is 4.79 Å². The molecule has 0 spiro atoms. The number of anilines is 1. The molecule has 0 atom stereocenters. The summed E-state index contributed by atoms with van der Waals surface area (Å²) in [4.78, 5) is 14.2. The Hall–Kier alpha value is -1.90. The summed E-state index contributed by atoms with van der Waals surface area (Å²) in [6.07, 6.45) is 2.39. The van der Waals surface area contributed by atoms with E-state index >= 15 is 0 Å². The summed E-state index contributed by atoms with van der Waals surface area (Å²) in [5.74, 6) is -0.00355. The van der Waals surface area contributed by atoms with Gasteiger partial charge in [0.05, 0.1) is 18.2 Å². The van der Waals surface area contributed by atoms with Crippen LogP contribution in [0.5, 0.6) is 0 Å². The van der Waals surface area contributed by atoms with Crippen LogP contribution in [0.3, 0.4) is 0 Å². The van der Waals surface area contributed by atoms with E-state index in [1.54, 1.807) is 24.3 Å². The minimum Gasteiger partial charge on any atom is -0.380 e. The molecule has 1 aliphatic heterocycles. The Bertz CT molecular complexity index is 502. The lowest BCUT2D eigenvalue weighted by Crippen LogP contribution is -2.28. The van der Waals surface area contributed by atoms with Crippen molar-refractivity contribution < 1.29 is 9.53 Å². The molecular formula is C16H21N3O2. The molecule has 1 N–H and O–H groups in total. The van der Waals surface area contributed by atoms with Crippen LogP contribution in [0.1, 0.15) is 24.8 Å². The minimum atomic E-state index is -0.00355. The van der Waals surface area contributed by atoms with Gasteiger partial charge >= 0.3 is 0 Å². The third-order valence-corrected chi connectivity index (χ3v) is 3.47. The van der Waals surface area contributed by atoms with E-state index in [1.165, 1.54) is 0 Å². The monoisotopic (exact) mass is 287 g/mol. The molecule has 0 saturated carbocycles. The molecular weight excluding hydrogens is 266 g/mol. The lowest BCUT2D eigenvalue weighted by Gasteiger charge is -2.18. The van der Waals surface area contributed by atoms with Gasteiger partial charge in [0.15, 0.2) is 0 Å². The molecule has 0 radical (unpaired) electrons. The first-order valence-electron chi connectivity index (χ1n) is 7.38. The van der Waals surface area contributed by atoms with Crippen molar-refractivity contribution in [3.63, 3.8) is 0 Å². The lowest BCUT2D eigenvalue weighted by atomic mass is 10.2. The summed E-state index contributed by atoms with van der Waals surface area (Å²) in [6, 6.07) is 9.03. The Balaban J connectivity index is 1.70. The van der Waals surface area contributed by atoms with Crippen LogP contribution in [0, 0.1) is 11.3 Å². The predicted octanol–water partition coefficient (Wildman–Crippen LogP) is 2.00. The molecule has 1 aromatic rings. The number of nitrogens with one attached hydrogen (secondary N) is 1. The highest BCUT2D eigenvalue weighted by atomic mass is 16.5. The van der Waals surface area contributed by atoms with E-state index in [4.69, 9.17) is 10.00 Å². The molecule has 1 aromatic carbocycles. The maximum atomic E-state index is 11.9. The molecule has 0 aromatic heterocycles. The number of amides is 1. The molecule has 1 heterocycles. The van der Waals surface area contributed by atoms with E-state index in [-0.39, 0.29) is 5.91 Å². The Labute approximate surface area is 125 Å². The first kappa shape index (κ1) is 15.5. The van der Waals surface area contributed by atoms with E-state index in [1.807, 2.05) is 0 Å². The number of nitrogens with zero attached hydrogens (tertiary/aromatic N) is 2. The van der Waals surface area contributed by atoms with Gasteiger partial charge in [-0.3, -0.25) is 4.79 Å². The molecule has 5 heteroatoms. The van der Waals surface area contributed by atoms with Gasteiger partial charge in [-0.2, -0.15) is 5.26 Å². The Morgan fingerprint density at radius 1 is 1.38 bits per heavy atom. The van der Waals surface area contributed by atoms with Crippen LogP contribution < -0.4 is 5.32 Å². The van der Waals surface area contributed by atoms with Crippen molar-refractivity contribution >= 4 is 11.6 Å². The fourth-order valence-corrected chi connectivity index (χ4v) is 2.37. The summed E-state index contributed by atoms with van der Waals surface area (Å²) in [6.45, 7) is 4.55.